The first-order valence-corrected chi connectivity index (χ1v) is 9.05. The molecule has 0 radical (unpaired) electrons. The van der Waals surface area contributed by atoms with Crippen LogP contribution in [0, 0.1) is 0 Å². The standard InChI is InChI=1S/C23H26N2O/c1-23(2,3)19-11-8-17(9-12-19)10-13-22(26)24-15-14-18-16-25-21-7-5-4-6-20(18)21/h4-13,16,25H,14-15H2,1-3H3,(H,24,26)/b13-10-. The first-order valence-electron chi connectivity index (χ1n) is 9.05. The highest BCUT2D eigenvalue weighted by Crippen LogP contribution is 2.22. The molecule has 0 saturated carbocycles. The molecule has 26 heavy (non-hydrogen) atoms. The van der Waals surface area contributed by atoms with Gasteiger partial charge in [-0.15, -0.1) is 0 Å². The molecular weight excluding hydrogens is 320 g/mol. The highest BCUT2D eigenvalue weighted by Gasteiger charge is 2.12. The summed E-state index contributed by atoms with van der Waals surface area (Å²) in [6.45, 7) is 7.20. The number of fused-ring (bicyclic) bond motifs is 1. The number of aromatic amines is 1. The molecule has 0 unspecified atom stereocenters. The zero-order valence-corrected chi connectivity index (χ0v) is 15.7. The van der Waals surface area contributed by atoms with Gasteiger partial charge in [0.15, 0.2) is 0 Å². The molecule has 0 saturated heterocycles. The van der Waals surface area contributed by atoms with Crippen LogP contribution in [0.5, 0.6) is 0 Å². The number of H-pyrrole nitrogens is 1. The molecule has 2 aromatic carbocycles. The molecule has 3 nitrogen and oxygen atoms in total. The average molecular weight is 346 g/mol. The molecule has 2 N–H and O–H groups in total. The third-order valence-electron chi connectivity index (χ3n) is 4.57. The van der Waals surface area contributed by atoms with Crippen molar-refractivity contribution in [3.63, 3.8) is 0 Å². The van der Waals surface area contributed by atoms with Crippen LogP contribution in [0.25, 0.3) is 17.0 Å². The predicted molar refractivity (Wildman–Crippen MR) is 109 cm³/mol. The minimum absolute atomic E-state index is 0.0651. The van der Waals surface area contributed by atoms with Crippen LogP contribution in [-0.4, -0.2) is 17.4 Å². The van der Waals surface area contributed by atoms with E-state index in [4.69, 9.17) is 0 Å². The van der Waals surface area contributed by atoms with Crippen molar-refractivity contribution in [3.05, 3.63) is 77.5 Å². The number of rotatable bonds is 5. The van der Waals surface area contributed by atoms with Gasteiger partial charge in [0, 0.05) is 29.7 Å². The van der Waals surface area contributed by atoms with Crippen LogP contribution < -0.4 is 5.32 Å². The molecule has 0 aliphatic rings. The Kier molecular flexibility index (Phi) is 5.27. The third kappa shape index (κ3) is 4.42. The van der Waals surface area contributed by atoms with Gasteiger partial charge in [-0.25, -0.2) is 0 Å². The molecule has 0 fully saturated rings. The maximum Gasteiger partial charge on any atom is 0.244 e. The van der Waals surface area contributed by atoms with E-state index in [-0.39, 0.29) is 11.3 Å². The Morgan fingerprint density at radius 3 is 2.54 bits per heavy atom. The van der Waals surface area contributed by atoms with Gasteiger partial charge in [-0.1, -0.05) is 63.2 Å². The number of benzene rings is 2. The first kappa shape index (κ1) is 18.0. The maximum atomic E-state index is 12.0. The van der Waals surface area contributed by atoms with Crippen LogP contribution in [0.3, 0.4) is 0 Å². The highest BCUT2D eigenvalue weighted by atomic mass is 16.1. The molecule has 134 valence electrons. The number of hydrogen-bond donors (Lipinski definition) is 2. The number of carbonyl (C=O) groups is 1. The first-order chi connectivity index (χ1) is 12.4. The quantitative estimate of drug-likeness (QED) is 0.638. The molecule has 0 atom stereocenters. The SMILES string of the molecule is CC(C)(C)c1ccc(/C=C\C(=O)NCCc2c[nH]c3ccccc23)cc1. The van der Waals surface area contributed by atoms with Crippen molar-refractivity contribution in [2.24, 2.45) is 0 Å². The van der Waals surface area contributed by atoms with Crippen molar-refractivity contribution in [2.45, 2.75) is 32.6 Å². The van der Waals surface area contributed by atoms with E-state index in [0.717, 1.165) is 17.5 Å². The van der Waals surface area contributed by atoms with E-state index in [1.54, 1.807) is 6.08 Å². The number of aromatic nitrogens is 1. The van der Waals surface area contributed by atoms with Gasteiger partial charge >= 0.3 is 0 Å². The Bertz CT molecular complexity index is 911. The molecule has 3 rings (SSSR count). The average Bonchev–Trinajstić information content (AvgIpc) is 3.03. The second-order valence-corrected chi connectivity index (χ2v) is 7.61. The van der Waals surface area contributed by atoms with Crippen molar-refractivity contribution >= 4 is 22.9 Å². The normalized spacial score (nSPS) is 12.0. The molecule has 0 spiro atoms. The van der Waals surface area contributed by atoms with E-state index in [0.29, 0.717) is 6.54 Å². The Morgan fingerprint density at radius 1 is 1.08 bits per heavy atom. The van der Waals surface area contributed by atoms with Crippen molar-refractivity contribution in [1.82, 2.24) is 10.3 Å². The topological polar surface area (TPSA) is 44.9 Å². The van der Waals surface area contributed by atoms with Crippen molar-refractivity contribution in [2.75, 3.05) is 6.54 Å². The van der Waals surface area contributed by atoms with Crippen LogP contribution in [0.1, 0.15) is 37.5 Å². The monoisotopic (exact) mass is 346 g/mol. The smallest absolute Gasteiger partial charge is 0.244 e. The fraction of sp³-hybridized carbons (Fsp3) is 0.261. The number of nitrogens with one attached hydrogen (secondary N) is 2. The molecule has 0 bridgehead atoms. The molecule has 1 amide bonds. The predicted octanol–water partition coefficient (Wildman–Crippen LogP) is 4.84. The lowest BCUT2D eigenvalue weighted by Crippen LogP contribution is -2.23. The van der Waals surface area contributed by atoms with E-state index in [2.05, 4.69) is 67.5 Å². The molecule has 0 aliphatic heterocycles. The lowest BCUT2D eigenvalue weighted by atomic mass is 9.87. The summed E-state index contributed by atoms with van der Waals surface area (Å²) in [6, 6.07) is 16.6. The van der Waals surface area contributed by atoms with Gasteiger partial charge in [0.2, 0.25) is 5.91 Å². The fourth-order valence-electron chi connectivity index (χ4n) is 2.98. The fourth-order valence-corrected chi connectivity index (χ4v) is 2.98. The van der Waals surface area contributed by atoms with Gasteiger partial charge in [0.25, 0.3) is 0 Å². The Morgan fingerprint density at radius 2 is 1.81 bits per heavy atom. The largest absolute Gasteiger partial charge is 0.361 e. The van der Waals surface area contributed by atoms with E-state index >= 15 is 0 Å². The lowest BCUT2D eigenvalue weighted by molar-refractivity contribution is -0.116. The Balaban J connectivity index is 1.51. The molecule has 1 heterocycles. The molecule has 3 aromatic rings. The van der Waals surface area contributed by atoms with Gasteiger partial charge in [-0.3, -0.25) is 4.79 Å². The summed E-state index contributed by atoms with van der Waals surface area (Å²) in [5.41, 5.74) is 4.82. The van der Waals surface area contributed by atoms with Gasteiger partial charge < -0.3 is 10.3 Å². The minimum Gasteiger partial charge on any atom is -0.361 e. The summed E-state index contributed by atoms with van der Waals surface area (Å²) in [5.74, 6) is -0.0651. The molecule has 3 heteroatoms. The zero-order chi connectivity index (χ0) is 18.6. The van der Waals surface area contributed by atoms with E-state index in [9.17, 15) is 4.79 Å². The summed E-state index contributed by atoms with van der Waals surface area (Å²) < 4.78 is 0. The summed E-state index contributed by atoms with van der Waals surface area (Å²) >= 11 is 0. The summed E-state index contributed by atoms with van der Waals surface area (Å²) in [4.78, 5) is 15.3. The summed E-state index contributed by atoms with van der Waals surface area (Å²) in [7, 11) is 0. The van der Waals surface area contributed by atoms with Crippen LogP contribution in [0.15, 0.2) is 60.8 Å². The maximum absolute atomic E-state index is 12.0. The van der Waals surface area contributed by atoms with Gasteiger partial charge in [0.05, 0.1) is 0 Å². The van der Waals surface area contributed by atoms with E-state index in [1.807, 2.05) is 24.4 Å². The van der Waals surface area contributed by atoms with E-state index in [1.165, 1.54) is 16.5 Å². The number of para-hydroxylation sites is 1. The van der Waals surface area contributed by atoms with Crippen LogP contribution in [-0.2, 0) is 16.6 Å². The van der Waals surface area contributed by atoms with Crippen LogP contribution in [0.2, 0.25) is 0 Å². The summed E-state index contributed by atoms with van der Waals surface area (Å²) in [6.07, 6.45) is 6.28. The molecule has 1 aromatic heterocycles. The van der Waals surface area contributed by atoms with Crippen LogP contribution in [0.4, 0.5) is 0 Å². The number of carbonyl (C=O) groups excluding carboxylic acids is 1. The Labute approximate surface area is 155 Å². The zero-order valence-electron chi connectivity index (χ0n) is 15.7. The summed E-state index contributed by atoms with van der Waals surface area (Å²) in [5, 5.41) is 4.17. The number of amides is 1. The lowest BCUT2D eigenvalue weighted by Gasteiger charge is -2.18. The number of hydrogen-bond acceptors (Lipinski definition) is 1. The van der Waals surface area contributed by atoms with Gasteiger partial charge in [0.1, 0.15) is 0 Å². The van der Waals surface area contributed by atoms with Crippen molar-refractivity contribution in [3.8, 4) is 0 Å². The van der Waals surface area contributed by atoms with Gasteiger partial charge in [-0.05, 0) is 40.7 Å². The second kappa shape index (κ2) is 7.61. The highest BCUT2D eigenvalue weighted by molar-refractivity contribution is 5.91. The third-order valence-corrected chi connectivity index (χ3v) is 4.57. The minimum atomic E-state index is -0.0651. The van der Waals surface area contributed by atoms with Crippen molar-refractivity contribution < 1.29 is 4.79 Å². The second-order valence-electron chi connectivity index (χ2n) is 7.61. The molecular formula is C23H26N2O. The molecule has 0 aliphatic carbocycles. The van der Waals surface area contributed by atoms with Gasteiger partial charge in [-0.2, -0.15) is 0 Å². The Hall–Kier alpha value is -2.81. The van der Waals surface area contributed by atoms with Crippen molar-refractivity contribution in [1.29, 1.82) is 0 Å². The van der Waals surface area contributed by atoms with E-state index < -0.39 is 0 Å². The van der Waals surface area contributed by atoms with Crippen LogP contribution >= 0.6 is 0 Å².